The molecule has 0 aliphatic rings. The Balaban J connectivity index is 3.92. The number of ether oxygens (including phenoxy) is 1. The zero-order valence-electron chi connectivity index (χ0n) is 34.0. The molecule has 0 heterocycles. The van der Waals surface area contributed by atoms with Gasteiger partial charge in [-0.25, -0.2) is 9.36 Å². The standard InChI is InChI=1S/C42H78NO10P/c1-3-5-7-9-11-13-15-17-18-19-20-21-22-23-25-27-29-31-33-40(45)43-39(42(47)48)37-53-54(49,50)52-36-38(44)35-51-41(46)34-32-30-28-26-24-16-14-12-10-8-6-4-2/h12,14,18-19,38-39,44H,3-11,13,15-17,20-37H2,1-2H3,(H,43,45)(H,47,48)(H,49,50)/b14-12-,19-18-. The van der Waals surface area contributed by atoms with Gasteiger partial charge in [0.2, 0.25) is 5.91 Å². The topological polar surface area (TPSA) is 169 Å². The van der Waals surface area contributed by atoms with E-state index in [0.717, 1.165) is 70.6 Å². The molecule has 0 aromatic heterocycles. The van der Waals surface area contributed by atoms with Crippen molar-refractivity contribution in [1.29, 1.82) is 0 Å². The van der Waals surface area contributed by atoms with Crippen molar-refractivity contribution in [3.8, 4) is 0 Å². The molecule has 0 saturated carbocycles. The average Bonchev–Trinajstić information content (AvgIpc) is 3.14. The summed E-state index contributed by atoms with van der Waals surface area (Å²) < 4.78 is 26.8. The van der Waals surface area contributed by atoms with E-state index in [-0.39, 0.29) is 12.8 Å². The highest BCUT2D eigenvalue weighted by Gasteiger charge is 2.28. The van der Waals surface area contributed by atoms with Crippen LogP contribution in [0.3, 0.4) is 0 Å². The second-order valence-corrected chi connectivity index (χ2v) is 16.0. The first-order valence-electron chi connectivity index (χ1n) is 21.4. The number of unbranched alkanes of at least 4 members (excludes halogenated alkanes) is 22. The number of esters is 1. The molecule has 0 aliphatic carbocycles. The van der Waals surface area contributed by atoms with Gasteiger partial charge in [0, 0.05) is 12.8 Å². The number of phosphoric ester groups is 1. The van der Waals surface area contributed by atoms with Gasteiger partial charge in [-0.2, -0.15) is 0 Å². The van der Waals surface area contributed by atoms with E-state index >= 15 is 0 Å². The first kappa shape index (κ1) is 52.0. The van der Waals surface area contributed by atoms with Crippen molar-refractivity contribution in [2.75, 3.05) is 19.8 Å². The fourth-order valence-corrected chi connectivity index (χ4v) is 6.61. The maximum atomic E-state index is 12.3. The molecular weight excluding hydrogens is 709 g/mol. The number of hydrogen-bond acceptors (Lipinski definition) is 8. The molecule has 0 aromatic rings. The van der Waals surface area contributed by atoms with Gasteiger partial charge in [-0.1, -0.05) is 141 Å². The van der Waals surface area contributed by atoms with E-state index in [1.807, 2.05) is 0 Å². The van der Waals surface area contributed by atoms with Crippen molar-refractivity contribution in [3.05, 3.63) is 24.3 Å². The highest BCUT2D eigenvalue weighted by atomic mass is 31.2. The van der Waals surface area contributed by atoms with Gasteiger partial charge < -0.3 is 25.2 Å². The molecular formula is C42H78NO10P. The Labute approximate surface area is 328 Å². The van der Waals surface area contributed by atoms with Crippen LogP contribution in [0.25, 0.3) is 0 Å². The van der Waals surface area contributed by atoms with Gasteiger partial charge in [-0.15, -0.1) is 0 Å². The summed E-state index contributed by atoms with van der Waals surface area (Å²) in [5.41, 5.74) is 0. The Morgan fingerprint density at radius 3 is 1.44 bits per heavy atom. The van der Waals surface area contributed by atoms with Gasteiger partial charge in [0.05, 0.1) is 13.2 Å². The molecule has 11 nitrogen and oxygen atoms in total. The van der Waals surface area contributed by atoms with Gasteiger partial charge >= 0.3 is 19.8 Å². The van der Waals surface area contributed by atoms with Crippen LogP contribution >= 0.6 is 7.82 Å². The minimum absolute atomic E-state index is 0.142. The highest BCUT2D eigenvalue weighted by Crippen LogP contribution is 2.43. The van der Waals surface area contributed by atoms with E-state index in [0.29, 0.717) is 12.8 Å². The third-order valence-electron chi connectivity index (χ3n) is 9.21. The van der Waals surface area contributed by atoms with Gasteiger partial charge in [0.15, 0.2) is 6.04 Å². The molecule has 4 N–H and O–H groups in total. The van der Waals surface area contributed by atoms with Crippen molar-refractivity contribution in [2.45, 2.75) is 206 Å². The Morgan fingerprint density at radius 2 is 0.963 bits per heavy atom. The molecule has 0 fully saturated rings. The summed E-state index contributed by atoms with van der Waals surface area (Å²) in [4.78, 5) is 45.8. The number of hydrogen-bond donors (Lipinski definition) is 4. The molecule has 0 saturated heterocycles. The quantitative estimate of drug-likeness (QED) is 0.0203. The number of nitrogens with one attached hydrogen (secondary N) is 1. The zero-order chi connectivity index (χ0) is 40.0. The molecule has 3 unspecified atom stereocenters. The monoisotopic (exact) mass is 788 g/mol. The summed E-state index contributed by atoms with van der Waals surface area (Å²) in [6.45, 7) is 2.55. The summed E-state index contributed by atoms with van der Waals surface area (Å²) in [5.74, 6) is -2.38. The molecule has 0 aliphatic heterocycles. The summed E-state index contributed by atoms with van der Waals surface area (Å²) in [6, 6.07) is -1.55. The summed E-state index contributed by atoms with van der Waals surface area (Å²) >= 11 is 0. The van der Waals surface area contributed by atoms with Crippen LogP contribution in [0.5, 0.6) is 0 Å². The zero-order valence-corrected chi connectivity index (χ0v) is 34.9. The lowest BCUT2D eigenvalue weighted by Gasteiger charge is -2.18. The van der Waals surface area contributed by atoms with Crippen LogP contribution in [0.15, 0.2) is 24.3 Å². The Hall–Kier alpha value is -2.04. The third kappa shape index (κ3) is 36.9. The lowest BCUT2D eigenvalue weighted by molar-refractivity contribution is -0.147. The summed E-state index contributed by atoms with van der Waals surface area (Å²) in [7, 11) is -4.75. The van der Waals surface area contributed by atoms with Crippen LogP contribution in [0.1, 0.15) is 194 Å². The minimum atomic E-state index is -4.75. The Kier molecular flexibility index (Phi) is 36.4. The number of carboxylic acid groups (broad SMARTS) is 1. The Morgan fingerprint density at radius 1 is 0.574 bits per heavy atom. The van der Waals surface area contributed by atoms with Crippen molar-refractivity contribution in [2.24, 2.45) is 0 Å². The van der Waals surface area contributed by atoms with Crippen LogP contribution in [0, 0.1) is 0 Å². The molecule has 12 heteroatoms. The first-order chi connectivity index (χ1) is 26.1. The summed E-state index contributed by atoms with van der Waals surface area (Å²) in [6.07, 6.45) is 37.7. The van der Waals surface area contributed by atoms with Crippen LogP contribution in [0.2, 0.25) is 0 Å². The largest absolute Gasteiger partial charge is 0.480 e. The molecule has 0 spiro atoms. The number of carbonyl (C=O) groups is 3. The maximum absolute atomic E-state index is 12.3. The molecule has 54 heavy (non-hydrogen) atoms. The number of rotatable bonds is 40. The minimum Gasteiger partial charge on any atom is -0.480 e. The van der Waals surface area contributed by atoms with E-state index in [1.165, 1.54) is 83.5 Å². The number of carboxylic acids is 1. The van der Waals surface area contributed by atoms with E-state index < -0.39 is 57.6 Å². The lowest BCUT2D eigenvalue weighted by Crippen LogP contribution is -2.43. The highest BCUT2D eigenvalue weighted by molar-refractivity contribution is 7.47. The van der Waals surface area contributed by atoms with Gasteiger partial charge in [-0.3, -0.25) is 18.6 Å². The van der Waals surface area contributed by atoms with Crippen LogP contribution in [-0.4, -0.2) is 64.9 Å². The number of aliphatic hydroxyl groups excluding tert-OH is 1. The van der Waals surface area contributed by atoms with E-state index in [4.69, 9.17) is 13.8 Å². The van der Waals surface area contributed by atoms with Crippen molar-refractivity contribution in [3.63, 3.8) is 0 Å². The molecule has 0 aromatic carbocycles. The molecule has 0 rings (SSSR count). The first-order valence-corrected chi connectivity index (χ1v) is 22.9. The lowest BCUT2D eigenvalue weighted by atomic mass is 10.1. The van der Waals surface area contributed by atoms with E-state index in [9.17, 15) is 34.1 Å². The number of allylic oxidation sites excluding steroid dienone is 4. The molecule has 1 amide bonds. The fraction of sp³-hybridized carbons (Fsp3) is 0.833. The number of phosphoric acid groups is 1. The molecule has 316 valence electrons. The Bertz CT molecular complexity index is 1020. The second kappa shape index (κ2) is 37.9. The predicted molar refractivity (Wildman–Crippen MR) is 217 cm³/mol. The van der Waals surface area contributed by atoms with Gasteiger partial charge in [-0.05, 0) is 64.2 Å². The van der Waals surface area contributed by atoms with Crippen LogP contribution < -0.4 is 5.32 Å². The smallest absolute Gasteiger partial charge is 0.472 e. The normalized spacial score (nSPS) is 14.0. The van der Waals surface area contributed by atoms with Gasteiger partial charge in [0.25, 0.3) is 0 Å². The van der Waals surface area contributed by atoms with Crippen LogP contribution in [-0.2, 0) is 32.7 Å². The second-order valence-electron chi connectivity index (χ2n) is 14.5. The molecule has 0 bridgehead atoms. The SMILES string of the molecule is CCCCC/C=C\CCCCCCCC(=O)OCC(O)COP(=O)(O)OCC(NC(=O)CCCCCCCCC/C=C\CCCCCCCCC)C(=O)O. The van der Waals surface area contributed by atoms with Gasteiger partial charge in [0.1, 0.15) is 12.7 Å². The van der Waals surface area contributed by atoms with E-state index in [1.54, 1.807) is 0 Å². The number of carbonyl (C=O) groups excluding carboxylic acids is 2. The number of aliphatic carboxylic acids is 1. The summed E-state index contributed by atoms with van der Waals surface area (Å²) in [5, 5.41) is 21.8. The third-order valence-corrected chi connectivity index (χ3v) is 10.2. The maximum Gasteiger partial charge on any atom is 0.472 e. The van der Waals surface area contributed by atoms with Crippen molar-refractivity contribution >= 4 is 25.7 Å². The predicted octanol–water partition coefficient (Wildman–Crippen LogP) is 10.7. The number of aliphatic hydroxyl groups is 1. The van der Waals surface area contributed by atoms with Crippen molar-refractivity contribution < 1.29 is 47.8 Å². The molecule has 3 atom stereocenters. The number of amides is 1. The molecule has 0 radical (unpaired) electrons. The van der Waals surface area contributed by atoms with E-state index in [2.05, 4.69) is 43.5 Å². The van der Waals surface area contributed by atoms with Crippen molar-refractivity contribution in [1.82, 2.24) is 5.32 Å². The average molecular weight is 788 g/mol. The van der Waals surface area contributed by atoms with Crippen LogP contribution in [0.4, 0.5) is 0 Å². The fourth-order valence-electron chi connectivity index (χ4n) is 5.83.